The molecule has 78 valence electrons. The van der Waals surface area contributed by atoms with E-state index < -0.39 is 16.2 Å². The SMILES string of the molecule is CN(C)C(O)N1CCS(=O)(=O)CC1. The second-order valence-electron chi connectivity index (χ2n) is 3.50. The maximum absolute atomic E-state index is 11.1. The fourth-order valence-electron chi connectivity index (χ4n) is 1.28. The van der Waals surface area contributed by atoms with Gasteiger partial charge in [-0.05, 0) is 14.1 Å². The summed E-state index contributed by atoms with van der Waals surface area (Å²) >= 11 is 0. The van der Waals surface area contributed by atoms with Gasteiger partial charge in [-0.2, -0.15) is 0 Å². The molecule has 0 spiro atoms. The number of rotatable bonds is 2. The highest BCUT2D eigenvalue weighted by atomic mass is 32.2. The lowest BCUT2D eigenvalue weighted by Gasteiger charge is -2.34. The third-order valence-corrected chi connectivity index (χ3v) is 3.78. The molecule has 1 unspecified atom stereocenters. The maximum Gasteiger partial charge on any atom is 0.165 e. The van der Waals surface area contributed by atoms with Gasteiger partial charge in [0, 0.05) is 13.1 Å². The Balaban J connectivity index is 2.50. The number of hydrogen-bond acceptors (Lipinski definition) is 5. The third kappa shape index (κ3) is 2.91. The molecule has 1 atom stereocenters. The monoisotopic (exact) mass is 208 g/mol. The highest BCUT2D eigenvalue weighted by Gasteiger charge is 2.26. The minimum Gasteiger partial charge on any atom is -0.365 e. The predicted molar refractivity (Wildman–Crippen MR) is 49.9 cm³/mol. The Hall–Kier alpha value is -0.170. The van der Waals surface area contributed by atoms with Crippen LogP contribution in [0.5, 0.6) is 0 Å². The van der Waals surface area contributed by atoms with Crippen LogP contribution in [0, 0.1) is 0 Å². The zero-order chi connectivity index (χ0) is 10.1. The van der Waals surface area contributed by atoms with Crippen molar-refractivity contribution in [3.63, 3.8) is 0 Å². The summed E-state index contributed by atoms with van der Waals surface area (Å²) in [7, 11) is 0.669. The lowest BCUT2D eigenvalue weighted by Crippen LogP contribution is -2.51. The van der Waals surface area contributed by atoms with Crippen molar-refractivity contribution in [1.29, 1.82) is 0 Å². The molecule has 13 heavy (non-hydrogen) atoms. The van der Waals surface area contributed by atoms with E-state index in [0.717, 1.165) is 0 Å². The first-order valence-corrected chi connectivity index (χ1v) is 6.03. The van der Waals surface area contributed by atoms with Crippen molar-refractivity contribution in [2.45, 2.75) is 6.35 Å². The van der Waals surface area contributed by atoms with Gasteiger partial charge in [0.25, 0.3) is 0 Å². The molecule has 6 heteroatoms. The molecule has 0 aromatic carbocycles. The molecule has 5 nitrogen and oxygen atoms in total. The molecule has 0 aromatic rings. The Bertz CT molecular complexity index is 249. The van der Waals surface area contributed by atoms with Crippen LogP contribution in [-0.2, 0) is 9.84 Å². The van der Waals surface area contributed by atoms with Gasteiger partial charge in [0.15, 0.2) is 16.2 Å². The van der Waals surface area contributed by atoms with Crippen molar-refractivity contribution in [2.75, 3.05) is 38.7 Å². The molecule has 1 aliphatic rings. The van der Waals surface area contributed by atoms with Gasteiger partial charge in [0.1, 0.15) is 0 Å². The van der Waals surface area contributed by atoms with Crippen LogP contribution in [0.25, 0.3) is 0 Å². The topological polar surface area (TPSA) is 60.9 Å². The Labute approximate surface area is 78.9 Å². The Morgan fingerprint density at radius 2 is 1.77 bits per heavy atom. The van der Waals surface area contributed by atoms with Crippen molar-refractivity contribution in [2.24, 2.45) is 0 Å². The molecule has 0 aliphatic carbocycles. The first kappa shape index (κ1) is 10.9. The summed E-state index contributed by atoms with van der Waals surface area (Å²) in [6, 6.07) is 0. The van der Waals surface area contributed by atoms with Crippen LogP contribution in [0.3, 0.4) is 0 Å². The van der Waals surface area contributed by atoms with Crippen LogP contribution in [0.2, 0.25) is 0 Å². The standard InChI is InChI=1S/C7H16N2O3S/c1-8(2)7(10)9-3-5-13(11,12)6-4-9/h7,10H,3-6H2,1-2H3. The predicted octanol–water partition coefficient (Wildman–Crippen LogP) is -1.45. The molecule has 0 saturated carbocycles. The van der Waals surface area contributed by atoms with Crippen molar-refractivity contribution >= 4 is 9.84 Å². The van der Waals surface area contributed by atoms with Crippen LogP contribution in [0.4, 0.5) is 0 Å². The second-order valence-corrected chi connectivity index (χ2v) is 5.80. The number of aliphatic hydroxyl groups excluding tert-OH is 1. The largest absolute Gasteiger partial charge is 0.365 e. The van der Waals surface area contributed by atoms with E-state index in [4.69, 9.17) is 0 Å². The average Bonchev–Trinajstić information content (AvgIpc) is 2.03. The van der Waals surface area contributed by atoms with E-state index in [1.807, 2.05) is 0 Å². The summed E-state index contributed by atoms with van der Waals surface area (Å²) in [5, 5.41) is 9.58. The minimum absolute atomic E-state index is 0.151. The van der Waals surface area contributed by atoms with Crippen LogP contribution in [-0.4, -0.2) is 68.4 Å². The third-order valence-electron chi connectivity index (χ3n) is 2.17. The normalized spacial score (nSPS) is 26.2. The minimum atomic E-state index is -2.85. The Kier molecular flexibility index (Phi) is 3.28. The lowest BCUT2D eigenvalue weighted by molar-refractivity contribution is -0.0862. The molecule has 1 rings (SSSR count). The van der Waals surface area contributed by atoms with Crippen molar-refractivity contribution in [1.82, 2.24) is 9.80 Å². The summed E-state index contributed by atoms with van der Waals surface area (Å²) < 4.78 is 22.1. The fraction of sp³-hybridized carbons (Fsp3) is 1.00. The zero-order valence-corrected chi connectivity index (χ0v) is 8.79. The van der Waals surface area contributed by atoms with Gasteiger partial charge in [-0.25, -0.2) is 8.42 Å². The van der Waals surface area contributed by atoms with E-state index >= 15 is 0 Å². The van der Waals surface area contributed by atoms with Gasteiger partial charge < -0.3 is 5.11 Å². The second kappa shape index (κ2) is 3.91. The first-order valence-electron chi connectivity index (χ1n) is 4.21. The van der Waals surface area contributed by atoms with Gasteiger partial charge in [-0.1, -0.05) is 0 Å². The van der Waals surface area contributed by atoms with E-state index in [2.05, 4.69) is 0 Å². The molecule has 0 radical (unpaired) electrons. The number of hydrogen-bond donors (Lipinski definition) is 1. The van der Waals surface area contributed by atoms with Crippen molar-refractivity contribution in [3.05, 3.63) is 0 Å². The quantitative estimate of drug-likeness (QED) is 0.563. The zero-order valence-electron chi connectivity index (χ0n) is 7.97. The van der Waals surface area contributed by atoms with E-state index in [9.17, 15) is 13.5 Å². The number of nitrogens with zero attached hydrogens (tertiary/aromatic N) is 2. The van der Waals surface area contributed by atoms with E-state index in [0.29, 0.717) is 13.1 Å². The number of aliphatic hydroxyl groups is 1. The molecular weight excluding hydrogens is 192 g/mol. The summed E-state index contributed by atoms with van der Waals surface area (Å²) in [6.45, 7) is 0.837. The Morgan fingerprint density at radius 1 is 1.31 bits per heavy atom. The highest BCUT2D eigenvalue weighted by Crippen LogP contribution is 2.07. The molecule has 1 N–H and O–H groups in total. The molecule has 0 aromatic heterocycles. The van der Waals surface area contributed by atoms with E-state index in [1.54, 1.807) is 23.9 Å². The van der Waals surface area contributed by atoms with E-state index in [1.165, 1.54) is 0 Å². The summed E-state index contributed by atoms with van der Waals surface area (Å²) in [6.07, 6.45) is -0.671. The molecule has 0 amide bonds. The van der Waals surface area contributed by atoms with Gasteiger partial charge >= 0.3 is 0 Å². The molecule has 1 heterocycles. The smallest absolute Gasteiger partial charge is 0.165 e. The van der Waals surface area contributed by atoms with Gasteiger partial charge in [0.2, 0.25) is 0 Å². The van der Waals surface area contributed by atoms with Crippen LogP contribution < -0.4 is 0 Å². The molecular formula is C7H16N2O3S. The molecule has 1 fully saturated rings. The Morgan fingerprint density at radius 3 is 2.15 bits per heavy atom. The number of sulfone groups is 1. The molecule has 1 saturated heterocycles. The molecule has 1 aliphatic heterocycles. The van der Waals surface area contributed by atoms with Gasteiger partial charge in [0.05, 0.1) is 11.5 Å². The summed E-state index contributed by atoms with van der Waals surface area (Å²) in [5.41, 5.74) is 0. The fourth-order valence-corrected chi connectivity index (χ4v) is 2.51. The maximum atomic E-state index is 11.1. The summed E-state index contributed by atoms with van der Waals surface area (Å²) in [4.78, 5) is 3.40. The van der Waals surface area contributed by atoms with Gasteiger partial charge in [-0.15, -0.1) is 0 Å². The first-order chi connectivity index (χ1) is 5.92. The van der Waals surface area contributed by atoms with Crippen molar-refractivity contribution < 1.29 is 13.5 Å². The average molecular weight is 208 g/mol. The lowest BCUT2D eigenvalue weighted by atomic mass is 10.5. The van der Waals surface area contributed by atoms with Crippen LogP contribution >= 0.6 is 0 Å². The van der Waals surface area contributed by atoms with Gasteiger partial charge in [-0.3, -0.25) is 9.80 Å². The summed E-state index contributed by atoms with van der Waals surface area (Å²) in [5.74, 6) is 0.301. The van der Waals surface area contributed by atoms with Crippen molar-refractivity contribution in [3.8, 4) is 0 Å². The highest BCUT2D eigenvalue weighted by molar-refractivity contribution is 7.91. The van der Waals surface area contributed by atoms with Crippen LogP contribution in [0.1, 0.15) is 0 Å². The van der Waals surface area contributed by atoms with Crippen LogP contribution in [0.15, 0.2) is 0 Å². The molecule has 0 bridgehead atoms. The van der Waals surface area contributed by atoms with E-state index in [-0.39, 0.29) is 11.5 Å².